The summed E-state index contributed by atoms with van der Waals surface area (Å²) in [6, 6.07) is 7.96. The molecule has 1 atom stereocenters. The number of benzene rings is 1. The van der Waals surface area contributed by atoms with Gasteiger partial charge in [0.1, 0.15) is 6.17 Å². The van der Waals surface area contributed by atoms with Gasteiger partial charge >= 0.3 is 5.97 Å². The Labute approximate surface area is 96.7 Å². The molecule has 0 amide bonds. The first-order valence-electron chi connectivity index (χ1n) is 5.02. The van der Waals surface area contributed by atoms with Gasteiger partial charge in [-0.3, -0.25) is 0 Å². The van der Waals surface area contributed by atoms with E-state index in [2.05, 4.69) is 5.16 Å². The van der Waals surface area contributed by atoms with Crippen LogP contribution in [0.1, 0.15) is 29.1 Å². The van der Waals surface area contributed by atoms with Crippen LogP contribution in [0.25, 0.3) is 11.3 Å². The van der Waals surface area contributed by atoms with Crippen LogP contribution in [0.4, 0.5) is 4.39 Å². The summed E-state index contributed by atoms with van der Waals surface area (Å²) in [5.74, 6) is -0.847. The standard InChI is InChI=1S/C12H10FNO3/c1-7(13)8-3-2-4-9(5-8)11-6-10(12(15)16)14-17-11/h2-7H,1H3,(H,15,16). The summed E-state index contributed by atoms with van der Waals surface area (Å²) in [6.07, 6.45) is -1.09. The lowest BCUT2D eigenvalue weighted by Crippen LogP contribution is -1.94. The summed E-state index contributed by atoms with van der Waals surface area (Å²) in [5, 5.41) is 12.1. The van der Waals surface area contributed by atoms with E-state index in [4.69, 9.17) is 9.63 Å². The summed E-state index contributed by atoms with van der Waals surface area (Å²) in [7, 11) is 0. The van der Waals surface area contributed by atoms with Gasteiger partial charge in [0, 0.05) is 11.6 Å². The lowest BCUT2D eigenvalue weighted by atomic mass is 10.1. The van der Waals surface area contributed by atoms with Gasteiger partial charge in [0.25, 0.3) is 0 Å². The first-order valence-corrected chi connectivity index (χ1v) is 5.02. The number of aromatic nitrogens is 1. The summed E-state index contributed by atoms with van der Waals surface area (Å²) in [4.78, 5) is 10.6. The summed E-state index contributed by atoms with van der Waals surface area (Å²) in [6.45, 7) is 1.43. The molecule has 0 aliphatic rings. The third kappa shape index (κ3) is 2.33. The molecule has 17 heavy (non-hydrogen) atoms. The average Bonchev–Trinajstić information content (AvgIpc) is 2.78. The third-order valence-corrected chi connectivity index (χ3v) is 2.36. The first kappa shape index (κ1) is 11.3. The Kier molecular flexibility index (Phi) is 2.91. The molecule has 0 bridgehead atoms. The van der Waals surface area contributed by atoms with E-state index in [0.29, 0.717) is 16.9 Å². The van der Waals surface area contributed by atoms with Crippen LogP contribution < -0.4 is 0 Å². The predicted molar refractivity (Wildman–Crippen MR) is 58.4 cm³/mol. The minimum atomic E-state index is -1.16. The highest BCUT2D eigenvalue weighted by Crippen LogP contribution is 2.25. The number of halogens is 1. The van der Waals surface area contributed by atoms with Gasteiger partial charge in [-0.15, -0.1) is 0 Å². The maximum Gasteiger partial charge on any atom is 0.358 e. The quantitative estimate of drug-likeness (QED) is 0.887. The molecule has 0 radical (unpaired) electrons. The van der Waals surface area contributed by atoms with E-state index >= 15 is 0 Å². The van der Waals surface area contributed by atoms with Gasteiger partial charge in [0.05, 0.1) is 0 Å². The molecule has 1 N–H and O–H groups in total. The predicted octanol–water partition coefficient (Wildman–Crippen LogP) is 3.07. The van der Waals surface area contributed by atoms with Crippen molar-refractivity contribution in [2.45, 2.75) is 13.1 Å². The van der Waals surface area contributed by atoms with Crippen LogP contribution in [-0.2, 0) is 0 Å². The van der Waals surface area contributed by atoms with Crippen molar-refractivity contribution in [3.63, 3.8) is 0 Å². The molecule has 2 rings (SSSR count). The van der Waals surface area contributed by atoms with E-state index in [1.807, 2.05) is 0 Å². The van der Waals surface area contributed by atoms with Crippen LogP contribution in [-0.4, -0.2) is 16.2 Å². The number of carboxylic acid groups (broad SMARTS) is 1. The minimum absolute atomic E-state index is 0.168. The second-order valence-corrected chi connectivity index (χ2v) is 3.62. The fourth-order valence-electron chi connectivity index (χ4n) is 1.45. The van der Waals surface area contributed by atoms with Gasteiger partial charge in [-0.1, -0.05) is 23.4 Å². The van der Waals surface area contributed by atoms with Gasteiger partial charge < -0.3 is 9.63 Å². The van der Waals surface area contributed by atoms with E-state index in [0.717, 1.165) is 0 Å². The van der Waals surface area contributed by atoms with Gasteiger partial charge in [0.15, 0.2) is 11.5 Å². The van der Waals surface area contributed by atoms with E-state index < -0.39 is 12.1 Å². The summed E-state index contributed by atoms with van der Waals surface area (Å²) < 4.78 is 18.0. The fourth-order valence-corrected chi connectivity index (χ4v) is 1.45. The zero-order valence-electron chi connectivity index (χ0n) is 9.05. The Morgan fingerprint density at radius 2 is 2.24 bits per heavy atom. The third-order valence-electron chi connectivity index (χ3n) is 2.36. The Hall–Kier alpha value is -2.17. The van der Waals surface area contributed by atoms with Gasteiger partial charge in [-0.2, -0.15) is 0 Å². The number of hydrogen-bond acceptors (Lipinski definition) is 3. The van der Waals surface area contributed by atoms with Crippen LogP contribution in [0.15, 0.2) is 34.9 Å². The largest absolute Gasteiger partial charge is 0.476 e. The molecule has 0 saturated heterocycles. The number of rotatable bonds is 3. The van der Waals surface area contributed by atoms with Gasteiger partial charge in [-0.05, 0) is 18.6 Å². The second-order valence-electron chi connectivity index (χ2n) is 3.62. The topological polar surface area (TPSA) is 63.3 Å². The number of aromatic carboxylic acids is 1. The zero-order valence-corrected chi connectivity index (χ0v) is 9.05. The Balaban J connectivity index is 2.38. The van der Waals surface area contributed by atoms with Crippen molar-refractivity contribution in [3.05, 3.63) is 41.6 Å². The Bertz CT molecular complexity index is 548. The molecular formula is C12H10FNO3. The monoisotopic (exact) mass is 235 g/mol. The molecule has 1 unspecified atom stereocenters. The van der Waals surface area contributed by atoms with Crippen LogP contribution in [0, 0.1) is 0 Å². The zero-order chi connectivity index (χ0) is 12.4. The molecule has 0 saturated carbocycles. The molecule has 0 spiro atoms. The van der Waals surface area contributed by atoms with Crippen molar-refractivity contribution in [1.82, 2.24) is 5.16 Å². The molecule has 5 heteroatoms. The van der Waals surface area contributed by atoms with Crippen molar-refractivity contribution >= 4 is 5.97 Å². The molecule has 1 heterocycles. The maximum atomic E-state index is 13.1. The maximum absolute atomic E-state index is 13.1. The highest BCUT2D eigenvalue weighted by Gasteiger charge is 2.13. The van der Waals surface area contributed by atoms with Gasteiger partial charge in [0.2, 0.25) is 0 Å². The first-order chi connectivity index (χ1) is 8.08. The molecule has 4 nitrogen and oxygen atoms in total. The Morgan fingerprint density at radius 3 is 2.82 bits per heavy atom. The van der Waals surface area contributed by atoms with Crippen LogP contribution >= 0.6 is 0 Å². The van der Waals surface area contributed by atoms with E-state index in [-0.39, 0.29) is 5.69 Å². The normalized spacial score (nSPS) is 12.4. The van der Waals surface area contributed by atoms with Crippen molar-refractivity contribution in [1.29, 1.82) is 0 Å². The van der Waals surface area contributed by atoms with Crippen molar-refractivity contribution in [2.24, 2.45) is 0 Å². The molecule has 1 aromatic heterocycles. The highest BCUT2D eigenvalue weighted by atomic mass is 19.1. The fraction of sp³-hybridized carbons (Fsp3) is 0.167. The number of hydrogen-bond donors (Lipinski definition) is 1. The molecule has 0 aliphatic carbocycles. The second kappa shape index (κ2) is 4.37. The lowest BCUT2D eigenvalue weighted by molar-refractivity contribution is 0.0686. The van der Waals surface area contributed by atoms with E-state index in [9.17, 15) is 9.18 Å². The summed E-state index contributed by atoms with van der Waals surface area (Å²) >= 11 is 0. The van der Waals surface area contributed by atoms with Crippen LogP contribution in [0.3, 0.4) is 0 Å². The highest BCUT2D eigenvalue weighted by molar-refractivity contribution is 5.86. The van der Waals surface area contributed by atoms with Crippen LogP contribution in [0.5, 0.6) is 0 Å². The SMILES string of the molecule is CC(F)c1cccc(-c2cc(C(=O)O)no2)c1. The summed E-state index contributed by atoms with van der Waals surface area (Å²) in [5.41, 5.74) is 0.946. The Morgan fingerprint density at radius 1 is 1.47 bits per heavy atom. The lowest BCUT2D eigenvalue weighted by Gasteiger charge is -2.03. The molecule has 0 aliphatic heterocycles. The molecule has 1 aromatic carbocycles. The molecular weight excluding hydrogens is 225 g/mol. The van der Waals surface area contributed by atoms with Crippen molar-refractivity contribution in [2.75, 3.05) is 0 Å². The van der Waals surface area contributed by atoms with Gasteiger partial charge in [-0.25, -0.2) is 9.18 Å². The molecule has 0 fully saturated rings. The number of carboxylic acids is 1. The van der Waals surface area contributed by atoms with E-state index in [1.54, 1.807) is 24.3 Å². The van der Waals surface area contributed by atoms with Crippen LogP contribution in [0.2, 0.25) is 0 Å². The van der Waals surface area contributed by atoms with Crippen molar-refractivity contribution < 1.29 is 18.8 Å². The average molecular weight is 235 g/mol. The molecule has 2 aromatic rings. The number of nitrogens with zero attached hydrogens (tertiary/aromatic N) is 1. The minimum Gasteiger partial charge on any atom is -0.476 e. The number of carbonyl (C=O) groups is 1. The smallest absolute Gasteiger partial charge is 0.358 e. The molecule has 88 valence electrons. The van der Waals surface area contributed by atoms with E-state index in [1.165, 1.54) is 13.0 Å². The number of alkyl halides is 1. The van der Waals surface area contributed by atoms with Crippen molar-refractivity contribution in [3.8, 4) is 11.3 Å².